The largest absolute Gasteiger partial charge is 0.533 e. The van der Waals surface area contributed by atoms with Crippen LogP contribution in [0.4, 0.5) is 16.2 Å². The molecule has 0 radical (unpaired) electrons. The van der Waals surface area contributed by atoms with Gasteiger partial charge in [0.2, 0.25) is 17.7 Å². The molecule has 0 spiro atoms. The molecule has 61 heavy (non-hydrogen) atoms. The Morgan fingerprint density at radius 2 is 1.28 bits per heavy atom. The quantitative estimate of drug-likeness (QED) is 0.0427. The van der Waals surface area contributed by atoms with Crippen LogP contribution in [-0.2, 0) is 57.3 Å². The van der Waals surface area contributed by atoms with Crippen LogP contribution >= 0.6 is 0 Å². The van der Waals surface area contributed by atoms with Gasteiger partial charge < -0.3 is 49.8 Å². The molecule has 1 heterocycles. The summed E-state index contributed by atoms with van der Waals surface area (Å²) in [7, 11) is 3.62. The minimum absolute atomic E-state index is 0.00161. The second kappa shape index (κ2) is 28.1. The van der Waals surface area contributed by atoms with Crippen molar-refractivity contribution in [2.75, 3.05) is 77.5 Å². The standard InChI is InChI=1S/C36H42N4O11.C7H17NO2/c1-23(42)6-4-8-32(44)38-24-10-12-26-27-13-11-25(39-33(45)9-5-7-31(43)37-16-19-49-18-3-2-17-41)21-29(27)30(28(26)20-24)22-50-36(48)51-40-34(46)14-15-35(40)47;1-8-4-7-10-6-3-5-9-2/h10-13,17,20-21,30H,2-9,14-16,18-19,22H2,1H3,(H,37,43)(H,38,44)(H,39,45);8H,3-7H2,1-2H3. The lowest BCUT2D eigenvalue weighted by molar-refractivity contribution is -0.177. The van der Waals surface area contributed by atoms with Crippen LogP contribution in [0.15, 0.2) is 36.4 Å². The van der Waals surface area contributed by atoms with Crippen LogP contribution in [0.3, 0.4) is 0 Å². The van der Waals surface area contributed by atoms with Gasteiger partial charge in [-0.15, -0.1) is 0 Å². The molecule has 1 fully saturated rings. The highest BCUT2D eigenvalue weighted by atomic mass is 16.8. The predicted octanol–water partition coefficient (Wildman–Crippen LogP) is 4.19. The number of carbonyl (C=O) groups is 8. The van der Waals surface area contributed by atoms with E-state index in [1.807, 2.05) is 19.2 Å². The average Bonchev–Trinajstić information content (AvgIpc) is 3.71. The molecule has 2 aliphatic rings. The van der Waals surface area contributed by atoms with Gasteiger partial charge in [0, 0.05) is 102 Å². The SMILES string of the molecule is CC(=O)CCCC(=O)Nc1ccc2c(c1)C(COC(=O)ON1C(=O)CCC1=O)c1cc(NC(=O)CCCC(=O)NCCOCCCC=O)ccc1-2.CNCCOCCCOC. The lowest BCUT2D eigenvalue weighted by Crippen LogP contribution is -2.32. The van der Waals surface area contributed by atoms with Crippen LogP contribution in [0.5, 0.6) is 0 Å². The predicted molar refractivity (Wildman–Crippen MR) is 223 cm³/mol. The molecule has 4 rings (SSSR count). The van der Waals surface area contributed by atoms with E-state index in [2.05, 4.69) is 21.3 Å². The maximum Gasteiger partial charge on any atom is 0.533 e. The maximum atomic E-state index is 12.8. The zero-order valence-corrected chi connectivity index (χ0v) is 35.3. The number of amides is 5. The zero-order valence-electron chi connectivity index (χ0n) is 35.3. The molecule has 1 aliphatic carbocycles. The summed E-state index contributed by atoms with van der Waals surface area (Å²) in [5.74, 6) is -2.64. The lowest BCUT2D eigenvalue weighted by Gasteiger charge is -2.17. The molecule has 334 valence electrons. The van der Waals surface area contributed by atoms with E-state index in [-0.39, 0.29) is 62.2 Å². The first kappa shape index (κ1) is 49.8. The van der Waals surface area contributed by atoms with Crippen LogP contribution in [0.2, 0.25) is 0 Å². The van der Waals surface area contributed by atoms with E-state index in [1.54, 1.807) is 31.4 Å². The topological polar surface area (TPSA) is 234 Å². The van der Waals surface area contributed by atoms with Crippen LogP contribution in [0.25, 0.3) is 11.1 Å². The highest BCUT2D eigenvalue weighted by molar-refractivity contribution is 6.01. The van der Waals surface area contributed by atoms with Gasteiger partial charge in [-0.2, -0.15) is 0 Å². The molecule has 2 aromatic rings. The Hall–Kier alpha value is -5.56. The number of Topliss-reactive ketones (excluding diaryl/α,β-unsaturated/α-hetero) is 1. The number of likely N-dealkylation sites (N-methyl/N-ethyl adjacent to an activating group) is 1. The fourth-order valence-electron chi connectivity index (χ4n) is 6.26. The molecule has 0 bridgehead atoms. The van der Waals surface area contributed by atoms with E-state index < -0.39 is 23.9 Å². The summed E-state index contributed by atoms with van der Waals surface area (Å²) in [4.78, 5) is 100. The Kier molecular flexibility index (Phi) is 22.9. The Labute approximate surface area is 356 Å². The number of imide groups is 1. The Morgan fingerprint density at radius 3 is 1.84 bits per heavy atom. The number of hydrogen-bond donors (Lipinski definition) is 4. The first-order valence-electron chi connectivity index (χ1n) is 20.5. The third kappa shape index (κ3) is 18.3. The van der Waals surface area contributed by atoms with E-state index in [9.17, 15) is 38.4 Å². The summed E-state index contributed by atoms with van der Waals surface area (Å²) < 4.78 is 20.8. The molecular weight excluding hydrogens is 794 g/mol. The number of methoxy groups -OCH3 is 1. The molecule has 4 N–H and O–H groups in total. The van der Waals surface area contributed by atoms with Crippen molar-refractivity contribution in [2.24, 2.45) is 0 Å². The third-order valence-corrected chi connectivity index (χ3v) is 9.30. The summed E-state index contributed by atoms with van der Waals surface area (Å²) in [5, 5.41) is 11.8. The average molecular weight is 854 g/mol. The van der Waals surface area contributed by atoms with E-state index in [0.717, 1.165) is 50.2 Å². The number of hydroxylamine groups is 2. The Balaban J connectivity index is 0.000000878. The maximum absolute atomic E-state index is 12.8. The van der Waals surface area contributed by atoms with Crippen LogP contribution in [0, 0.1) is 0 Å². The van der Waals surface area contributed by atoms with Crippen LogP contribution in [0.1, 0.15) is 94.6 Å². The number of ether oxygens (including phenoxy) is 4. The van der Waals surface area contributed by atoms with Crippen molar-refractivity contribution in [3.8, 4) is 11.1 Å². The van der Waals surface area contributed by atoms with Gasteiger partial charge in [-0.1, -0.05) is 17.2 Å². The number of ketones is 1. The number of rotatable bonds is 27. The molecule has 0 saturated carbocycles. The van der Waals surface area contributed by atoms with Gasteiger partial charge >= 0.3 is 6.16 Å². The highest BCUT2D eigenvalue weighted by Gasteiger charge is 2.35. The molecule has 1 atom stereocenters. The molecule has 2 aromatic carbocycles. The molecule has 1 unspecified atom stereocenters. The zero-order chi connectivity index (χ0) is 44.4. The summed E-state index contributed by atoms with van der Waals surface area (Å²) in [5.41, 5.74) is 4.01. The van der Waals surface area contributed by atoms with Crippen molar-refractivity contribution < 1.29 is 62.1 Å². The fraction of sp³-hybridized carbons (Fsp3) is 0.535. The number of hydrogen-bond acceptors (Lipinski definition) is 14. The number of anilines is 2. The van der Waals surface area contributed by atoms with Gasteiger partial charge in [-0.05, 0) is 86.2 Å². The number of nitrogens with one attached hydrogen (secondary N) is 4. The number of carbonyl (C=O) groups excluding carboxylic acids is 8. The van der Waals surface area contributed by atoms with E-state index in [0.29, 0.717) is 79.4 Å². The summed E-state index contributed by atoms with van der Waals surface area (Å²) in [6.45, 7) is 5.63. The van der Waals surface area contributed by atoms with Crippen molar-refractivity contribution in [1.29, 1.82) is 0 Å². The fourth-order valence-corrected chi connectivity index (χ4v) is 6.26. The van der Waals surface area contributed by atoms with Gasteiger partial charge in [0.25, 0.3) is 11.8 Å². The first-order valence-corrected chi connectivity index (χ1v) is 20.5. The lowest BCUT2D eigenvalue weighted by atomic mass is 9.97. The van der Waals surface area contributed by atoms with Gasteiger partial charge in [0.1, 0.15) is 18.7 Å². The smallest absolute Gasteiger partial charge is 0.432 e. The summed E-state index contributed by atoms with van der Waals surface area (Å²) >= 11 is 0. The van der Waals surface area contributed by atoms with Crippen LogP contribution < -0.4 is 21.3 Å². The van der Waals surface area contributed by atoms with E-state index in [4.69, 9.17) is 23.8 Å². The first-order chi connectivity index (χ1) is 29.5. The second-order valence-corrected chi connectivity index (χ2v) is 14.2. The molecule has 18 heteroatoms. The third-order valence-electron chi connectivity index (χ3n) is 9.30. The Morgan fingerprint density at radius 1 is 0.721 bits per heavy atom. The van der Waals surface area contributed by atoms with E-state index in [1.165, 1.54) is 6.92 Å². The summed E-state index contributed by atoms with van der Waals surface area (Å²) in [6.07, 6.45) is 2.93. The van der Waals surface area contributed by atoms with Crippen molar-refractivity contribution >= 4 is 59.1 Å². The monoisotopic (exact) mass is 853 g/mol. The second-order valence-electron chi connectivity index (χ2n) is 14.2. The van der Waals surface area contributed by atoms with Gasteiger partial charge in [-0.25, -0.2) is 4.79 Å². The van der Waals surface area contributed by atoms with Crippen molar-refractivity contribution in [2.45, 2.75) is 83.5 Å². The number of fused-ring (bicyclic) bond motifs is 3. The van der Waals surface area contributed by atoms with Gasteiger partial charge in [-0.3, -0.25) is 28.8 Å². The minimum Gasteiger partial charge on any atom is -0.432 e. The highest BCUT2D eigenvalue weighted by Crippen LogP contribution is 2.47. The molecule has 1 saturated heterocycles. The normalized spacial score (nSPS) is 13.7. The molecule has 18 nitrogen and oxygen atoms in total. The molecule has 1 aliphatic heterocycles. The molecular formula is C43H59N5O13. The number of benzene rings is 2. The van der Waals surface area contributed by atoms with Gasteiger partial charge in [0.15, 0.2) is 0 Å². The number of unbranched alkanes of at least 4 members (excludes halogenated alkanes) is 1. The van der Waals surface area contributed by atoms with E-state index >= 15 is 0 Å². The van der Waals surface area contributed by atoms with Crippen molar-refractivity contribution in [3.05, 3.63) is 47.5 Å². The Bertz CT molecular complexity index is 1780. The van der Waals surface area contributed by atoms with Crippen molar-refractivity contribution in [3.63, 3.8) is 0 Å². The number of aldehydes is 1. The number of nitrogens with zero attached hydrogens (tertiary/aromatic N) is 1. The van der Waals surface area contributed by atoms with Crippen molar-refractivity contribution in [1.82, 2.24) is 15.7 Å². The molecule has 5 amide bonds. The minimum atomic E-state index is -1.24. The molecule has 0 aromatic heterocycles. The van der Waals surface area contributed by atoms with Gasteiger partial charge in [0.05, 0.1) is 13.2 Å². The summed E-state index contributed by atoms with van der Waals surface area (Å²) in [6, 6.07) is 10.6. The van der Waals surface area contributed by atoms with Crippen LogP contribution in [-0.4, -0.2) is 120 Å².